The summed E-state index contributed by atoms with van der Waals surface area (Å²) in [4.78, 5) is 2.30. The van der Waals surface area contributed by atoms with Gasteiger partial charge in [-0.15, -0.1) is 11.3 Å². The molecule has 0 saturated carbocycles. The molecule has 0 aliphatic rings. The summed E-state index contributed by atoms with van der Waals surface area (Å²) in [6.45, 7) is 3.97. The molecule has 0 atom stereocenters. The van der Waals surface area contributed by atoms with Crippen molar-refractivity contribution in [3.8, 4) is 0 Å². The van der Waals surface area contributed by atoms with Crippen LogP contribution in [0.4, 0.5) is 0 Å². The number of halogens is 1. The van der Waals surface area contributed by atoms with Crippen LogP contribution in [0.3, 0.4) is 0 Å². The van der Waals surface area contributed by atoms with Crippen LogP contribution in [0, 0.1) is 6.92 Å². The molecule has 0 radical (unpaired) electrons. The molecule has 0 unspecified atom stereocenters. The highest BCUT2D eigenvalue weighted by atomic mass is 79.9. The number of hydrogen-bond acceptors (Lipinski definition) is 3. The van der Waals surface area contributed by atoms with Crippen molar-refractivity contribution in [3.63, 3.8) is 0 Å². The predicted molar refractivity (Wildman–Crippen MR) is 58.1 cm³/mol. The number of aryl methyl sites for hydroxylation is 1. The van der Waals surface area contributed by atoms with E-state index in [0.29, 0.717) is 0 Å². The van der Waals surface area contributed by atoms with Crippen LogP contribution < -0.4 is 0 Å². The summed E-state index contributed by atoms with van der Waals surface area (Å²) in [6, 6.07) is 2.07. The SMILES string of the molecule is COC(C)(OC)c1sc(C)cc1Br. The van der Waals surface area contributed by atoms with Crippen LogP contribution in [0.15, 0.2) is 10.5 Å². The Morgan fingerprint density at radius 2 is 1.92 bits per heavy atom. The van der Waals surface area contributed by atoms with E-state index in [9.17, 15) is 0 Å². The molecule has 0 aliphatic carbocycles. The molecule has 0 aliphatic heterocycles. The minimum atomic E-state index is -0.641. The molecule has 4 heteroatoms. The summed E-state index contributed by atoms with van der Waals surface area (Å²) in [5, 5.41) is 0. The topological polar surface area (TPSA) is 18.5 Å². The van der Waals surface area contributed by atoms with Gasteiger partial charge in [-0.1, -0.05) is 0 Å². The van der Waals surface area contributed by atoms with Gasteiger partial charge in [-0.25, -0.2) is 0 Å². The number of rotatable bonds is 3. The van der Waals surface area contributed by atoms with Gasteiger partial charge in [0, 0.05) is 23.6 Å². The standard InChI is InChI=1S/C9H13BrO2S/c1-6-5-7(10)8(13-6)9(2,11-3)12-4/h5H,1-4H3. The summed E-state index contributed by atoms with van der Waals surface area (Å²) < 4.78 is 11.7. The van der Waals surface area contributed by atoms with Gasteiger partial charge in [0.25, 0.3) is 0 Å². The molecule has 0 fully saturated rings. The molecule has 0 amide bonds. The lowest BCUT2D eigenvalue weighted by molar-refractivity contribution is -0.199. The van der Waals surface area contributed by atoms with Crippen molar-refractivity contribution in [1.82, 2.24) is 0 Å². The van der Waals surface area contributed by atoms with Gasteiger partial charge >= 0.3 is 0 Å². The molecule has 13 heavy (non-hydrogen) atoms. The number of methoxy groups -OCH3 is 2. The summed E-state index contributed by atoms with van der Waals surface area (Å²) in [6.07, 6.45) is 0. The third-order valence-corrected chi connectivity index (χ3v) is 4.12. The molecule has 0 spiro atoms. The largest absolute Gasteiger partial charge is 0.349 e. The van der Waals surface area contributed by atoms with Crippen LogP contribution in [0.1, 0.15) is 16.7 Å². The molecule has 74 valence electrons. The van der Waals surface area contributed by atoms with Gasteiger partial charge in [-0.3, -0.25) is 0 Å². The van der Waals surface area contributed by atoms with Gasteiger partial charge in [-0.2, -0.15) is 0 Å². The fraction of sp³-hybridized carbons (Fsp3) is 0.556. The first-order chi connectivity index (χ1) is 6.03. The lowest BCUT2D eigenvalue weighted by Gasteiger charge is -2.25. The summed E-state index contributed by atoms with van der Waals surface area (Å²) in [5.74, 6) is -0.641. The Hall–Kier alpha value is 0.100. The normalized spacial score (nSPS) is 12.1. The predicted octanol–water partition coefficient (Wildman–Crippen LogP) is 3.28. The first kappa shape index (κ1) is 11.2. The first-order valence-corrected chi connectivity index (χ1v) is 5.51. The summed E-state index contributed by atoms with van der Waals surface area (Å²) in [7, 11) is 3.29. The summed E-state index contributed by atoms with van der Waals surface area (Å²) in [5.41, 5.74) is 0. The number of thiophene rings is 1. The van der Waals surface area contributed by atoms with Gasteiger partial charge < -0.3 is 9.47 Å². The molecule has 1 aromatic rings. The maximum atomic E-state index is 5.33. The second-order valence-electron chi connectivity index (χ2n) is 2.89. The molecule has 0 bridgehead atoms. The van der Waals surface area contributed by atoms with E-state index in [1.807, 2.05) is 6.92 Å². The van der Waals surface area contributed by atoms with Crippen LogP contribution in [0.25, 0.3) is 0 Å². The van der Waals surface area contributed by atoms with E-state index >= 15 is 0 Å². The zero-order chi connectivity index (χ0) is 10.1. The van der Waals surface area contributed by atoms with E-state index in [-0.39, 0.29) is 0 Å². The lowest BCUT2D eigenvalue weighted by Crippen LogP contribution is -2.25. The molecule has 1 rings (SSSR count). The second-order valence-corrected chi connectivity index (χ2v) is 5.00. The van der Waals surface area contributed by atoms with Crippen LogP contribution in [-0.4, -0.2) is 14.2 Å². The van der Waals surface area contributed by atoms with E-state index in [1.165, 1.54) is 4.88 Å². The van der Waals surface area contributed by atoms with E-state index in [0.717, 1.165) is 9.35 Å². The Morgan fingerprint density at radius 3 is 2.23 bits per heavy atom. The third-order valence-electron chi connectivity index (χ3n) is 2.00. The lowest BCUT2D eigenvalue weighted by atomic mass is 10.2. The Morgan fingerprint density at radius 1 is 1.38 bits per heavy atom. The average molecular weight is 265 g/mol. The highest BCUT2D eigenvalue weighted by molar-refractivity contribution is 9.10. The van der Waals surface area contributed by atoms with Gasteiger partial charge in [0.15, 0.2) is 0 Å². The van der Waals surface area contributed by atoms with E-state index in [1.54, 1.807) is 25.6 Å². The highest BCUT2D eigenvalue weighted by Gasteiger charge is 2.29. The zero-order valence-corrected chi connectivity index (χ0v) is 10.6. The molecule has 0 saturated heterocycles. The number of ether oxygens (including phenoxy) is 2. The third kappa shape index (κ3) is 2.13. The highest BCUT2D eigenvalue weighted by Crippen LogP contribution is 2.37. The monoisotopic (exact) mass is 264 g/mol. The molecule has 1 heterocycles. The molecule has 0 N–H and O–H groups in total. The van der Waals surface area contributed by atoms with Crippen molar-refractivity contribution in [2.45, 2.75) is 19.6 Å². The molecule has 1 aromatic heterocycles. The fourth-order valence-corrected chi connectivity index (χ4v) is 3.17. The Balaban J connectivity index is 3.11. The van der Waals surface area contributed by atoms with Crippen LogP contribution >= 0.6 is 27.3 Å². The maximum absolute atomic E-state index is 5.33. The van der Waals surface area contributed by atoms with Crippen LogP contribution in [0.2, 0.25) is 0 Å². The van der Waals surface area contributed by atoms with Crippen molar-refractivity contribution in [2.24, 2.45) is 0 Å². The first-order valence-electron chi connectivity index (χ1n) is 3.90. The zero-order valence-electron chi connectivity index (χ0n) is 8.18. The molecular formula is C9H13BrO2S. The van der Waals surface area contributed by atoms with E-state index < -0.39 is 5.79 Å². The smallest absolute Gasteiger partial charge is 0.201 e. The molecule has 2 nitrogen and oxygen atoms in total. The fourth-order valence-electron chi connectivity index (χ4n) is 1.06. The maximum Gasteiger partial charge on any atom is 0.201 e. The van der Waals surface area contributed by atoms with Crippen molar-refractivity contribution in [1.29, 1.82) is 0 Å². The average Bonchev–Trinajstić information content (AvgIpc) is 2.44. The minimum Gasteiger partial charge on any atom is -0.349 e. The van der Waals surface area contributed by atoms with Crippen LogP contribution in [0.5, 0.6) is 0 Å². The molecular weight excluding hydrogens is 252 g/mol. The van der Waals surface area contributed by atoms with Gasteiger partial charge in [-0.05, 0) is 35.8 Å². The minimum absolute atomic E-state index is 0.641. The van der Waals surface area contributed by atoms with Gasteiger partial charge in [0.05, 0.1) is 4.88 Å². The van der Waals surface area contributed by atoms with E-state index in [2.05, 4.69) is 28.9 Å². The van der Waals surface area contributed by atoms with Crippen molar-refractivity contribution >= 4 is 27.3 Å². The number of hydrogen-bond donors (Lipinski definition) is 0. The van der Waals surface area contributed by atoms with Crippen LogP contribution in [-0.2, 0) is 15.3 Å². The van der Waals surface area contributed by atoms with E-state index in [4.69, 9.17) is 9.47 Å². The Bertz CT molecular complexity index is 292. The van der Waals surface area contributed by atoms with Crippen molar-refractivity contribution < 1.29 is 9.47 Å². The van der Waals surface area contributed by atoms with Gasteiger partial charge in [0.1, 0.15) is 0 Å². The van der Waals surface area contributed by atoms with Crippen molar-refractivity contribution in [3.05, 3.63) is 20.3 Å². The quantitative estimate of drug-likeness (QED) is 0.781. The van der Waals surface area contributed by atoms with Crippen molar-refractivity contribution in [2.75, 3.05) is 14.2 Å². The van der Waals surface area contributed by atoms with Gasteiger partial charge in [0.2, 0.25) is 5.79 Å². The summed E-state index contributed by atoms with van der Waals surface area (Å²) >= 11 is 5.16. The molecule has 0 aromatic carbocycles. The second kappa shape index (κ2) is 4.09. The Labute approximate surface area is 91.0 Å². The Kier molecular flexibility index (Phi) is 3.51.